The zero-order valence-corrected chi connectivity index (χ0v) is 40.2. The third-order valence-corrected chi connectivity index (χ3v) is 12.8. The summed E-state index contributed by atoms with van der Waals surface area (Å²) in [5.41, 5.74) is -0.213. The second-order valence-corrected chi connectivity index (χ2v) is 19.0. The summed E-state index contributed by atoms with van der Waals surface area (Å²) in [7, 11) is 0. The van der Waals surface area contributed by atoms with E-state index >= 15 is 4.39 Å². The predicted molar refractivity (Wildman–Crippen MR) is 249 cm³/mol. The molecule has 0 saturated carbocycles. The number of aryl methyl sites for hydroxylation is 2. The topological polar surface area (TPSA) is 179 Å². The molecule has 362 valence electrons. The van der Waals surface area contributed by atoms with Crippen molar-refractivity contribution in [1.82, 2.24) is 25.5 Å². The molecular formula is C47H52F4N8O7S2. The summed E-state index contributed by atoms with van der Waals surface area (Å²) in [6.07, 6.45) is -4.05. The molecule has 6 rings (SSSR count). The Balaban J connectivity index is 0.934. The Kier molecular flexibility index (Phi) is 15.9. The van der Waals surface area contributed by atoms with Crippen molar-refractivity contribution in [3.63, 3.8) is 0 Å². The molecule has 21 heteroatoms. The van der Waals surface area contributed by atoms with E-state index in [0.717, 1.165) is 33.8 Å². The van der Waals surface area contributed by atoms with Crippen LogP contribution in [-0.2, 0) is 41.4 Å². The van der Waals surface area contributed by atoms with Gasteiger partial charge in [-0.3, -0.25) is 24.1 Å². The Morgan fingerprint density at radius 3 is 2.29 bits per heavy atom. The van der Waals surface area contributed by atoms with Crippen LogP contribution in [0.2, 0.25) is 0 Å². The van der Waals surface area contributed by atoms with E-state index in [9.17, 15) is 37.6 Å². The predicted octanol–water partition coefficient (Wildman–Crippen LogP) is 7.02. The highest BCUT2D eigenvalue weighted by Crippen LogP contribution is 2.42. The molecule has 2 unspecified atom stereocenters. The average Bonchev–Trinajstić information content (AvgIpc) is 3.99. The van der Waals surface area contributed by atoms with Gasteiger partial charge in [-0.15, -0.1) is 11.3 Å². The summed E-state index contributed by atoms with van der Waals surface area (Å²) in [4.78, 5) is 67.3. The number of benzene rings is 2. The molecule has 0 spiro atoms. The molecule has 15 nitrogen and oxygen atoms in total. The van der Waals surface area contributed by atoms with Crippen LogP contribution < -0.4 is 25.2 Å². The average molecular weight is 981 g/mol. The van der Waals surface area contributed by atoms with Crippen molar-refractivity contribution in [2.45, 2.75) is 91.7 Å². The van der Waals surface area contributed by atoms with Gasteiger partial charge in [0.2, 0.25) is 23.6 Å². The molecule has 2 N–H and O–H groups in total. The van der Waals surface area contributed by atoms with Gasteiger partial charge in [-0.1, -0.05) is 45.0 Å². The fourth-order valence-electron chi connectivity index (χ4n) is 7.94. The van der Waals surface area contributed by atoms with Crippen molar-refractivity contribution in [2.75, 3.05) is 49.4 Å². The molecule has 4 amide bonds. The lowest BCUT2D eigenvalue weighted by molar-refractivity contribution is -0.144. The van der Waals surface area contributed by atoms with E-state index in [1.54, 1.807) is 34.7 Å². The van der Waals surface area contributed by atoms with E-state index in [4.69, 9.17) is 26.4 Å². The van der Waals surface area contributed by atoms with Crippen LogP contribution in [0.4, 0.5) is 28.9 Å². The number of nitrogens with one attached hydrogen (secondary N) is 2. The second-order valence-electron chi connectivity index (χ2n) is 17.8. The monoisotopic (exact) mass is 980 g/mol. The van der Waals surface area contributed by atoms with Crippen LogP contribution in [-0.4, -0.2) is 101 Å². The van der Waals surface area contributed by atoms with E-state index in [1.807, 2.05) is 52.0 Å². The molecule has 2 aromatic heterocycles. The van der Waals surface area contributed by atoms with Crippen LogP contribution in [0.15, 0.2) is 54.0 Å². The first-order valence-electron chi connectivity index (χ1n) is 21.7. The summed E-state index contributed by atoms with van der Waals surface area (Å²) in [5, 5.41) is 14.7. The van der Waals surface area contributed by atoms with E-state index in [2.05, 4.69) is 20.6 Å². The van der Waals surface area contributed by atoms with Gasteiger partial charge < -0.3 is 34.6 Å². The van der Waals surface area contributed by atoms with E-state index in [-0.39, 0.29) is 55.8 Å². The van der Waals surface area contributed by atoms with Gasteiger partial charge >= 0.3 is 6.18 Å². The maximum atomic E-state index is 15.4. The van der Waals surface area contributed by atoms with Crippen molar-refractivity contribution < 1.29 is 51.0 Å². The molecular weight excluding hydrogens is 929 g/mol. The molecule has 4 aromatic rings. The number of carbonyl (C=O) groups is 4. The van der Waals surface area contributed by atoms with Gasteiger partial charge in [-0.2, -0.15) is 18.4 Å². The molecule has 2 fully saturated rings. The van der Waals surface area contributed by atoms with Gasteiger partial charge in [-0.25, -0.2) is 14.4 Å². The number of aromatic nitrogens is 2. The standard InChI is InChI=1S/C47H52F4N8O7S2/c1-27-32(59-44(67)58(43(63)46(59,6)7)33-15-14-31(23-52)37(38(33)48)47(49,50)51)16-17-36(55-27)66-22-21-64-19-20-65-25-35(60)56-40(45(3,4)5)42(62)57-18-8-9-34(57)41(61)53-24-29-10-12-30(13-11-29)39-28(2)54-26-68-39/h10-17,26,34,40H,8-9,18-22,24-25H2,1-7H3,(H,53,61)(H,56,60). The first-order chi connectivity index (χ1) is 32.1. The van der Waals surface area contributed by atoms with Gasteiger partial charge in [0.25, 0.3) is 5.91 Å². The van der Waals surface area contributed by atoms with Gasteiger partial charge in [0, 0.05) is 19.2 Å². The summed E-state index contributed by atoms with van der Waals surface area (Å²) in [6.45, 7) is 12.8. The Hall–Kier alpha value is -6.08. The van der Waals surface area contributed by atoms with E-state index in [0.29, 0.717) is 42.2 Å². The quantitative estimate of drug-likeness (QED) is 0.0629. The number of nitriles is 1. The Bertz CT molecular complexity index is 2590. The molecule has 68 heavy (non-hydrogen) atoms. The molecule has 2 aliphatic heterocycles. The van der Waals surface area contributed by atoms with Gasteiger partial charge in [-0.05, 0) is 87.5 Å². The summed E-state index contributed by atoms with van der Waals surface area (Å²) in [6, 6.07) is 12.4. The van der Waals surface area contributed by atoms with Crippen molar-refractivity contribution in [1.29, 1.82) is 5.26 Å². The number of rotatable bonds is 17. The number of thiocarbonyl (C=S) groups is 1. The summed E-state index contributed by atoms with van der Waals surface area (Å²) < 4.78 is 73.6. The number of hydrogen-bond acceptors (Lipinski definition) is 12. The lowest BCUT2D eigenvalue weighted by Crippen LogP contribution is -2.58. The lowest BCUT2D eigenvalue weighted by atomic mass is 9.85. The number of nitrogens with zero attached hydrogens (tertiary/aromatic N) is 6. The SMILES string of the molecule is Cc1nc(OCCOCCOCC(=O)NC(C(=O)N2CCCC2C(=O)NCc2ccc(-c3scnc3C)cc2)C(C)(C)C)ccc1N1C(=S)N(c2ccc(C#N)c(C(F)(F)F)c2F)C(=O)C1(C)C. The highest BCUT2D eigenvalue weighted by atomic mass is 32.1. The minimum Gasteiger partial charge on any atom is -0.475 e. The highest BCUT2D eigenvalue weighted by Gasteiger charge is 2.52. The lowest BCUT2D eigenvalue weighted by Gasteiger charge is -2.35. The van der Waals surface area contributed by atoms with Crippen molar-refractivity contribution in [3.8, 4) is 22.4 Å². The Morgan fingerprint density at radius 2 is 1.66 bits per heavy atom. The fourth-order valence-corrected chi connectivity index (χ4v) is 9.26. The third-order valence-electron chi connectivity index (χ3n) is 11.5. The largest absolute Gasteiger partial charge is 0.475 e. The molecule has 0 bridgehead atoms. The smallest absolute Gasteiger partial charge is 0.420 e. The van der Waals surface area contributed by atoms with E-state index in [1.165, 1.54) is 30.9 Å². The molecule has 2 saturated heterocycles. The van der Waals surface area contributed by atoms with Gasteiger partial charge in [0.1, 0.15) is 36.4 Å². The number of anilines is 2. The maximum Gasteiger partial charge on any atom is 0.420 e. The van der Waals surface area contributed by atoms with Crippen LogP contribution in [0, 0.1) is 36.4 Å². The minimum absolute atomic E-state index is 0.0563. The maximum absolute atomic E-state index is 15.4. The highest BCUT2D eigenvalue weighted by molar-refractivity contribution is 7.81. The molecule has 4 heterocycles. The number of pyridine rings is 1. The van der Waals surface area contributed by atoms with Crippen LogP contribution in [0.1, 0.15) is 75.5 Å². The third kappa shape index (κ3) is 11.3. The van der Waals surface area contributed by atoms with Crippen LogP contribution in [0.3, 0.4) is 0 Å². The summed E-state index contributed by atoms with van der Waals surface area (Å²) in [5.74, 6) is -3.51. The number of likely N-dealkylation sites (tertiary alicyclic amines) is 1. The summed E-state index contributed by atoms with van der Waals surface area (Å²) >= 11 is 7.10. The second kappa shape index (κ2) is 21.1. The molecule has 2 aromatic carbocycles. The van der Waals surface area contributed by atoms with Crippen LogP contribution >= 0.6 is 23.6 Å². The number of alkyl halides is 3. The van der Waals surface area contributed by atoms with Crippen LogP contribution in [0.25, 0.3) is 10.4 Å². The van der Waals surface area contributed by atoms with Crippen molar-refractivity contribution in [3.05, 3.63) is 87.9 Å². The Morgan fingerprint density at radius 1 is 0.985 bits per heavy atom. The zero-order chi connectivity index (χ0) is 49.7. The molecule has 2 atom stereocenters. The molecule has 0 radical (unpaired) electrons. The first-order valence-corrected chi connectivity index (χ1v) is 23.0. The number of amides is 4. The number of thiazole rings is 1. The van der Waals surface area contributed by atoms with Gasteiger partial charge in [0.15, 0.2) is 10.9 Å². The Labute approximate surface area is 400 Å². The fraction of sp³-hybridized carbons (Fsp3) is 0.447. The van der Waals surface area contributed by atoms with Crippen LogP contribution in [0.5, 0.6) is 5.88 Å². The number of halogens is 4. The first kappa shape index (κ1) is 51.3. The van der Waals surface area contributed by atoms with Crippen molar-refractivity contribution in [2.24, 2.45) is 5.41 Å². The molecule has 0 aliphatic carbocycles. The number of carbonyl (C=O) groups excluding carboxylic acids is 4. The zero-order valence-electron chi connectivity index (χ0n) is 38.6. The number of ether oxygens (including phenoxy) is 3. The normalized spacial score (nSPS) is 16.5. The number of hydrogen-bond donors (Lipinski definition) is 2. The van der Waals surface area contributed by atoms with Gasteiger partial charge in [0.05, 0.1) is 64.6 Å². The minimum atomic E-state index is -5.21. The van der Waals surface area contributed by atoms with E-state index < -0.39 is 63.7 Å². The van der Waals surface area contributed by atoms with Crippen molar-refractivity contribution >= 4 is 63.7 Å². The molecule has 2 aliphatic rings.